The van der Waals surface area contributed by atoms with Crippen molar-refractivity contribution >= 4 is 17.0 Å². The van der Waals surface area contributed by atoms with Gasteiger partial charge in [0.2, 0.25) is 5.95 Å². The summed E-state index contributed by atoms with van der Waals surface area (Å²) < 4.78 is 1.74. The molecule has 0 radical (unpaired) electrons. The molecule has 0 spiro atoms. The largest absolute Gasteiger partial charge is 0.342 e. The number of hydrogen-bond donors (Lipinski definition) is 1. The van der Waals surface area contributed by atoms with Gasteiger partial charge in [-0.15, -0.1) is 0 Å². The zero-order valence-electron chi connectivity index (χ0n) is 13.4. The highest BCUT2D eigenvalue weighted by molar-refractivity contribution is 5.76. The van der Waals surface area contributed by atoms with E-state index in [4.69, 9.17) is 4.98 Å². The number of H-pyrrole nitrogens is 1. The predicted octanol–water partition coefficient (Wildman–Crippen LogP) is 2.35. The first-order valence-corrected chi connectivity index (χ1v) is 8.58. The Kier molecular flexibility index (Phi) is 2.98. The maximum absolute atomic E-state index is 12.5. The predicted molar refractivity (Wildman–Crippen MR) is 92.5 cm³/mol. The Morgan fingerprint density at radius 1 is 1.08 bits per heavy atom. The van der Waals surface area contributed by atoms with Crippen LogP contribution in [0.1, 0.15) is 19.3 Å². The lowest BCUT2D eigenvalue weighted by molar-refractivity contribution is 0.494. The van der Waals surface area contributed by atoms with Crippen LogP contribution in [0, 0.1) is 11.8 Å². The summed E-state index contributed by atoms with van der Waals surface area (Å²) in [6.07, 6.45) is 5.54. The molecule has 5 rings (SSSR count). The summed E-state index contributed by atoms with van der Waals surface area (Å²) in [6.45, 7) is 2.00. The highest BCUT2D eigenvalue weighted by Crippen LogP contribution is 2.38. The van der Waals surface area contributed by atoms with Crippen molar-refractivity contribution in [3.8, 4) is 5.69 Å². The standard InChI is InChI=1S/C18H19N5O/c24-17-15-9-19-23(14-7-2-1-3-8-14)16(15)20-18(21-17)22-10-12-5-4-6-13(12)11-22/h1-3,7-9,12-13H,4-6,10-11H2,(H,20,21,24). The summed E-state index contributed by atoms with van der Waals surface area (Å²) >= 11 is 0. The first kappa shape index (κ1) is 13.8. The molecule has 122 valence electrons. The topological polar surface area (TPSA) is 66.8 Å². The van der Waals surface area contributed by atoms with Crippen molar-refractivity contribution in [2.75, 3.05) is 18.0 Å². The Bertz CT molecular complexity index is 933. The number of hydrogen-bond acceptors (Lipinski definition) is 4. The fraction of sp³-hybridized carbons (Fsp3) is 0.389. The van der Waals surface area contributed by atoms with E-state index in [9.17, 15) is 4.79 Å². The van der Waals surface area contributed by atoms with Gasteiger partial charge in [-0.1, -0.05) is 24.6 Å². The molecule has 2 unspecified atom stereocenters. The Balaban J connectivity index is 1.60. The summed E-state index contributed by atoms with van der Waals surface area (Å²) in [6, 6.07) is 9.81. The number of anilines is 1. The fourth-order valence-electron chi connectivity index (χ4n) is 4.22. The number of fused-ring (bicyclic) bond motifs is 2. The minimum atomic E-state index is -0.116. The van der Waals surface area contributed by atoms with Crippen LogP contribution in [0.25, 0.3) is 16.7 Å². The quantitative estimate of drug-likeness (QED) is 0.787. The number of aromatic nitrogens is 4. The van der Waals surface area contributed by atoms with Gasteiger partial charge in [0, 0.05) is 13.1 Å². The number of nitrogens with one attached hydrogen (secondary N) is 1. The third-order valence-electron chi connectivity index (χ3n) is 5.45. The van der Waals surface area contributed by atoms with E-state index in [2.05, 4.69) is 15.0 Å². The maximum atomic E-state index is 12.5. The maximum Gasteiger partial charge on any atom is 0.263 e. The molecule has 3 aromatic rings. The number of nitrogens with zero attached hydrogens (tertiary/aromatic N) is 4. The van der Waals surface area contributed by atoms with Crippen LogP contribution in [0.2, 0.25) is 0 Å². The molecule has 6 heteroatoms. The number of rotatable bonds is 2. The lowest BCUT2D eigenvalue weighted by Gasteiger charge is -2.17. The molecule has 1 saturated carbocycles. The monoisotopic (exact) mass is 321 g/mol. The average molecular weight is 321 g/mol. The van der Waals surface area contributed by atoms with Crippen molar-refractivity contribution in [3.05, 3.63) is 46.9 Å². The van der Waals surface area contributed by atoms with E-state index in [0.717, 1.165) is 30.6 Å². The summed E-state index contributed by atoms with van der Waals surface area (Å²) in [5, 5.41) is 4.90. The smallest absolute Gasteiger partial charge is 0.263 e. The molecule has 24 heavy (non-hydrogen) atoms. The number of aromatic amines is 1. The average Bonchev–Trinajstić information content (AvgIpc) is 3.29. The van der Waals surface area contributed by atoms with Crippen molar-refractivity contribution in [1.82, 2.24) is 19.7 Å². The molecule has 2 fully saturated rings. The molecule has 0 bridgehead atoms. The number of benzene rings is 1. The lowest BCUT2D eigenvalue weighted by atomic mass is 10.0. The van der Waals surface area contributed by atoms with Crippen LogP contribution in [0.15, 0.2) is 41.3 Å². The van der Waals surface area contributed by atoms with Crippen molar-refractivity contribution < 1.29 is 0 Å². The summed E-state index contributed by atoms with van der Waals surface area (Å²) in [7, 11) is 0. The molecule has 1 aromatic carbocycles. The second-order valence-electron chi connectivity index (χ2n) is 6.87. The summed E-state index contributed by atoms with van der Waals surface area (Å²) in [5.74, 6) is 2.19. The highest BCUT2D eigenvalue weighted by Gasteiger charge is 2.37. The second kappa shape index (κ2) is 5.19. The Labute approximate surface area is 139 Å². The SMILES string of the molecule is O=c1[nH]c(N2CC3CCCC3C2)nc2c1cnn2-c1ccccc1. The van der Waals surface area contributed by atoms with Crippen molar-refractivity contribution in [1.29, 1.82) is 0 Å². The van der Waals surface area contributed by atoms with Gasteiger partial charge in [0.15, 0.2) is 5.65 Å². The zero-order valence-corrected chi connectivity index (χ0v) is 13.4. The molecule has 3 heterocycles. The lowest BCUT2D eigenvalue weighted by Crippen LogP contribution is -2.26. The van der Waals surface area contributed by atoms with E-state index < -0.39 is 0 Å². The first-order chi connectivity index (χ1) is 11.8. The van der Waals surface area contributed by atoms with Crippen LogP contribution in [-0.4, -0.2) is 32.8 Å². The Hall–Kier alpha value is -2.63. The van der Waals surface area contributed by atoms with Crippen molar-refractivity contribution in [3.63, 3.8) is 0 Å². The van der Waals surface area contributed by atoms with Gasteiger partial charge >= 0.3 is 0 Å². The molecular formula is C18H19N5O. The molecule has 1 N–H and O–H groups in total. The zero-order chi connectivity index (χ0) is 16.1. The van der Waals surface area contributed by atoms with E-state index >= 15 is 0 Å². The molecule has 1 saturated heterocycles. The van der Waals surface area contributed by atoms with E-state index in [1.807, 2.05) is 30.3 Å². The van der Waals surface area contributed by atoms with Gasteiger partial charge < -0.3 is 4.90 Å². The Morgan fingerprint density at radius 3 is 2.58 bits per heavy atom. The van der Waals surface area contributed by atoms with Crippen molar-refractivity contribution in [2.24, 2.45) is 11.8 Å². The number of para-hydroxylation sites is 1. The van der Waals surface area contributed by atoms with Gasteiger partial charge in [-0.25, -0.2) is 4.68 Å². The second-order valence-corrected chi connectivity index (χ2v) is 6.87. The molecule has 0 amide bonds. The van der Waals surface area contributed by atoms with Gasteiger partial charge in [0.1, 0.15) is 5.39 Å². The molecule has 2 aromatic heterocycles. The van der Waals surface area contributed by atoms with E-state index in [0.29, 0.717) is 17.0 Å². The van der Waals surface area contributed by atoms with Crippen LogP contribution in [0.5, 0.6) is 0 Å². The van der Waals surface area contributed by atoms with Gasteiger partial charge in [0.05, 0.1) is 11.9 Å². The highest BCUT2D eigenvalue weighted by atomic mass is 16.1. The first-order valence-electron chi connectivity index (χ1n) is 8.58. The molecular weight excluding hydrogens is 302 g/mol. The van der Waals surface area contributed by atoms with Crippen LogP contribution < -0.4 is 10.5 Å². The molecule has 2 aliphatic rings. The fourth-order valence-corrected chi connectivity index (χ4v) is 4.22. The van der Waals surface area contributed by atoms with Gasteiger partial charge in [0.25, 0.3) is 5.56 Å². The van der Waals surface area contributed by atoms with E-state index in [-0.39, 0.29) is 5.56 Å². The summed E-state index contributed by atoms with van der Waals surface area (Å²) in [4.78, 5) is 22.4. The molecule has 1 aliphatic heterocycles. The summed E-state index contributed by atoms with van der Waals surface area (Å²) in [5.41, 5.74) is 1.42. The third-order valence-corrected chi connectivity index (χ3v) is 5.45. The minimum Gasteiger partial charge on any atom is -0.342 e. The van der Waals surface area contributed by atoms with Crippen LogP contribution in [-0.2, 0) is 0 Å². The molecule has 6 nitrogen and oxygen atoms in total. The van der Waals surface area contributed by atoms with E-state index in [1.165, 1.54) is 19.3 Å². The Morgan fingerprint density at radius 2 is 1.83 bits per heavy atom. The van der Waals surface area contributed by atoms with Gasteiger partial charge in [-0.2, -0.15) is 10.1 Å². The molecule has 2 atom stereocenters. The third kappa shape index (κ3) is 2.06. The van der Waals surface area contributed by atoms with Crippen LogP contribution >= 0.6 is 0 Å². The normalized spacial score (nSPS) is 23.1. The van der Waals surface area contributed by atoms with Crippen molar-refractivity contribution in [2.45, 2.75) is 19.3 Å². The van der Waals surface area contributed by atoms with Gasteiger partial charge in [-0.3, -0.25) is 9.78 Å². The van der Waals surface area contributed by atoms with Crippen LogP contribution in [0.3, 0.4) is 0 Å². The van der Waals surface area contributed by atoms with Gasteiger partial charge in [-0.05, 0) is 36.8 Å². The molecule has 1 aliphatic carbocycles. The minimum absolute atomic E-state index is 0.116. The van der Waals surface area contributed by atoms with Crippen LogP contribution in [0.4, 0.5) is 5.95 Å². The van der Waals surface area contributed by atoms with E-state index in [1.54, 1.807) is 10.9 Å².